The van der Waals surface area contributed by atoms with Crippen LogP contribution in [0.5, 0.6) is 0 Å². The van der Waals surface area contributed by atoms with Crippen LogP contribution in [-0.2, 0) is 13.6 Å². The minimum atomic E-state index is -0.355. The summed E-state index contributed by atoms with van der Waals surface area (Å²) in [5, 5.41) is 0. The SMILES string of the molecule is CCCN(Cc1nccn1C)C(=O)c1cnc2ccccn2c1=O. The maximum absolute atomic E-state index is 12.9. The van der Waals surface area contributed by atoms with Crippen LogP contribution in [0, 0.1) is 0 Å². The molecule has 0 aliphatic carbocycles. The quantitative estimate of drug-likeness (QED) is 0.712. The van der Waals surface area contributed by atoms with E-state index in [2.05, 4.69) is 9.97 Å². The van der Waals surface area contributed by atoms with Crippen LogP contribution in [0.4, 0.5) is 0 Å². The smallest absolute Gasteiger partial charge is 0.270 e. The van der Waals surface area contributed by atoms with Crippen molar-refractivity contribution in [2.45, 2.75) is 19.9 Å². The number of hydrogen-bond donors (Lipinski definition) is 0. The second kappa shape index (κ2) is 6.66. The first kappa shape index (κ1) is 15.9. The first-order chi connectivity index (χ1) is 11.6. The lowest BCUT2D eigenvalue weighted by atomic mass is 10.2. The number of imidazole rings is 1. The lowest BCUT2D eigenvalue weighted by Crippen LogP contribution is -2.36. The molecule has 0 saturated heterocycles. The number of amides is 1. The standard InChI is InChI=1S/C17H19N5O2/c1-3-8-21(12-15-18-7-10-20(15)2)16(23)13-11-19-14-6-4-5-9-22(14)17(13)24/h4-7,9-11H,3,8,12H2,1-2H3. The van der Waals surface area contributed by atoms with Crippen molar-refractivity contribution in [1.29, 1.82) is 0 Å². The highest BCUT2D eigenvalue weighted by atomic mass is 16.2. The van der Waals surface area contributed by atoms with Crippen LogP contribution in [0.2, 0.25) is 0 Å². The van der Waals surface area contributed by atoms with Crippen molar-refractivity contribution in [3.63, 3.8) is 0 Å². The predicted molar refractivity (Wildman–Crippen MR) is 89.7 cm³/mol. The van der Waals surface area contributed by atoms with Crippen molar-refractivity contribution in [3.8, 4) is 0 Å². The Hall–Kier alpha value is -2.96. The monoisotopic (exact) mass is 325 g/mol. The summed E-state index contributed by atoms with van der Waals surface area (Å²) in [6, 6.07) is 5.27. The first-order valence-corrected chi connectivity index (χ1v) is 7.83. The van der Waals surface area contributed by atoms with Crippen LogP contribution in [0.3, 0.4) is 0 Å². The Morgan fingerprint density at radius 3 is 2.79 bits per heavy atom. The number of carbonyl (C=O) groups is 1. The fourth-order valence-corrected chi connectivity index (χ4v) is 2.59. The van der Waals surface area contributed by atoms with Crippen LogP contribution in [-0.4, -0.2) is 36.3 Å². The van der Waals surface area contributed by atoms with Gasteiger partial charge in [-0.3, -0.25) is 14.0 Å². The van der Waals surface area contributed by atoms with Gasteiger partial charge in [0.05, 0.1) is 6.54 Å². The number of fused-ring (bicyclic) bond motifs is 1. The molecule has 0 unspecified atom stereocenters. The molecule has 3 rings (SSSR count). The summed E-state index contributed by atoms with van der Waals surface area (Å²) in [6.45, 7) is 2.89. The highest BCUT2D eigenvalue weighted by Gasteiger charge is 2.21. The molecule has 3 heterocycles. The van der Waals surface area contributed by atoms with Crippen LogP contribution in [0.1, 0.15) is 29.5 Å². The summed E-state index contributed by atoms with van der Waals surface area (Å²) < 4.78 is 3.25. The lowest BCUT2D eigenvalue weighted by Gasteiger charge is -2.21. The molecular formula is C17H19N5O2. The van der Waals surface area contributed by atoms with Crippen molar-refractivity contribution in [2.75, 3.05) is 6.54 Å². The van der Waals surface area contributed by atoms with E-state index < -0.39 is 0 Å². The van der Waals surface area contributed by atoms with Crippen molar-refractivity contribution in [1.82, 2.24) is 23.8 Å². The molecule has 0 aromatic carbocycles. The van der Waals surface area contributed by atoms with Crippen molar-refractivity contribution >= 4 is 11.6 Å². The number of hydrogen-bond acceptors (Lipinski definition) is 4. The Bertz CT molecular complexity index is 928. The Morgan fingerprint density at radius 2 is 2.08 bits per heavy atom. The van der Waals surface area contributed by atoms with Gasteiger partial charge in [0.15, 0.2) is 0 Å². The first-order valence-electron chi connectivity index (χ1n) is 7.83. The third kappa shape index (κ3) is 2.92. The minimum Gasteiger partial charge on any atom is -0.337 e. The van der Waals surface area contributed by atoms with Crippen molar-refractivity contribution in [3.05, 3.63) is 64.7 Å². The van der Waals surface area contributed by atoms with Gasteiger partial charge in [-0.2, -0.15) is 0 Å². The molecule has 0 spiro atoms. The van der Waals surface area contributed by atoms with E-state index in [0.717, 1.165) is 12.2 Å². The molecule has 0 radical (unpaired) electrons. The third-order valence-corrected chi connectivity index (χ3v) is 3.88. The molecule has 0 N–H and O–H groups in total. The van der Waals surface area contributed by atoms with E-state index in [1.165, 1.54) is 10.6 Å². The molecule has 24 heavy (non-hydrogen) atoms. The molecule has 124 valence electrons. The predicted octanol–water partition coefficient (Wildman–Crippen LogP) is 1.48. The average Bonchev–Trinajstić information content (AvgIpc) is 2.99. The largest absolute Gasteiger partial charge is 0.337 e. The normalized spacial score (nSPS) is 10.9. The van der Waals surface area contributed by atoms with Crippen molar-refractivity contribution < 1.29 is 4.79 Å². The maximum atomic E-state index is 12.9. The fraction of sp³-hybridized carbons (Fsp3) is 0.294. The maximum Gasteiger partial charge on any atom is 0.270 e. The Balaban J connectivity index is 1.97. The molecule has 0 bridgehead atoms. The molecule has 3 aromatic rings. The van der Waals surface area contributed by atoms with Gasteiger partial charge < -0.3 is 9.47 Å². The van der Waals surface area contributed by atoms with E-state index in [9.17, 15) is 9.59 Å². The zero-order valence-corrected chi connectivity index (χ0v) is 13.7. The van der Waals surface area contributed by atoms with Crippen molar-refractivity contribution in [2.24, 2.45) is 7.05 Å². The van der Waals surface area contributed by atoms with Gasteiger partial charge in [0.25, 0.3) is 11.5 Å². The molecule has 3 aromatic heterocycles. The summed E-state index contributed by atoms with van der Waals surface area (Å²) in [7, 11) is 1.88. The number of aryl methyl sites for hydroxylation is 1. The van der Waals surface area contributed by atoms with Gasteiger partial charge in [-0.1, -0.05) is 13.0 Å². The summed E-state index contributed by atoms with van der Waals surface area (Å²) in [6.07, 6.45) is 7.29. The number of rotatable bonds is 5. The molecule has 0 atom stereocenters. The summed E-state index contributed by atoms with van der Waals surface area (Å²) in [4.78, 5) is 35.6. The van der Waals surface area contributed by atoms with E-state index in [-0.39, 0.29) is 17.0 Å². The molecular weight excluding hydrogens is 306 g/mol. The van der Waals surface area contributed by atoms with Gasteiger partial charge in [-0.15, -0.1) is 0 Å². The number of nitrogens with zero attached hydrogens (tertiary/aromatic N) is 5. The van der Waals surface area contributed by atoms with E-state index in [4.69, 9.17) is 0 Å². The van der Waals surface area contributed by atoms with Crippen LogP contribution >= 0.6 is 0 Å². The minimum absolute atomic E-state index is 0.0707. The molecule has 0 saturated carbocycles. The molecule has 7 heteroatoms. The summed E-state index contributed by atoms with van der Waals surface area (Å²) >= 11 is 0. The lowest BCUT2D eigenvalue weighted by molar-refractivity contribution is 0.0735. The Morgan fingerprint density at radius 1 is 1.25 bits per heavy atom. The van der Waals surface area contributed by atoms with Gasteiger partial charge in [0.1, 0.15) is 17.0 Å². The summed E-state index contributed by atoms with van der Waals surface area (Å²) in [5.41, 5.74) is 0.234. The Kier molecular flexibility index (Phi) is 4.41. The van der Waals surface area contributed by atoms with E-state index in [1.54, 1.807) is 35.5 Å². The van der Waals surface area contributed by atoms with Crippen LogP contribution < -0.4 is 5.56 Å². The van der Waals surface area contributed by atoms with Gasteiger partial charge in [0.2, 0.25) is 0 Å². The van der Waals surface area contributed by atoms with Gasteiger partial charge in [-0.25, -0.2) is 9.97 Å². The molecule has 0 aliphatic heterocycles. The molecule has 0 fully saturated rings. The number of carbonyl (C=O) groups excluding carboxylic acids is 1. The molecule has 1 amide bonds. The van der Waals surface area contributed by atoms with E-state index in [1.807, 2.05) is 24.7 Å². The zero-order chi connectivity index (χ0) is 17.1. The highest BCUT2D eigenvalue weighted by Crippen LogP contribution is 2.08. The Labute approximate surface area is 139 Å². The second-order valence-corrected chi connectivity index (χ2v) is 5.59. The molecule has 0 aliphatic rings. The van der Waals surface area contributed by atoms with Gasteiger partial charge in [0, 0.05) is 38.4 Å². The second-order valence-electron chi connectivity index (χ2n) is 5.59. The fourth-order valence-electron chi connectivity index (χ4n) is 2.59. The van der Waals surface area contributed by atoms with Crippen LogP contribution in [0.15, 0.2) is 47.8 Å². The van der Waals surface area contributed by atoms with Gasteiger partial charge in [-0.05, 0) is 18.6 Å². The van der Waals surface area contributed by atoms with Crippen LogP contribution in [0.25, 0.3) is 5.65 Å². The van der Waals surface area contributed by atoms with E-state index >= 15 is 0 Å². The number of pyridine rings is 1. The highest BCUT2D eigenvalue weighted by molar-refractivity contribution is 5.93. The average molecular weight is 325 g/mol. The number of aromatic nitrogens is 4. The topological polar surface area (TPSA) is 72.5 Å². The summed E-state index contributed by atoms with van der Waals surface area (Å²) in [5.74, 6) is 0.446. The van der Waals surface area contributed by atoms with E-state index in [0.29, 0.717) is 18.7 Å². The third-order valence-electron chi connectivity index (χ3n) is 3.88. The molecule has 7 nitrogen and oxygen atoms in total. The zero-order valence-electron chi connectivity index (χ0n) is 13.7. The van der Waals surface area contributed by atoms with Gasteiger partial charge >= 0.3 is 0 Å².